The molecule has 0 fully saturated rings. The fourth-order valence-corrected chi connectivity index (χ4v) is 3.50. The molecule has 1 rings (SSSR count). The van der Waals surface area contributed by atoms with E-state index in [-0.39, 0.29) is 53.6 Å². The summed E-state index contributed by atoms with van der Waals surface area (Å²) in [5.41, 5.74) is 1.98. The molecular formula is C27H40O4. The van der Waals surface area contributed by atoms with E-state index in [9.17, 15) is 19.8 Å². The van der Waals surface area contributed by atoms with Crippen LogP contribution in [-0.4, -0.2) is 21.8 Å². The van der Waals surface area contributed by atoms with E-state index in [0.717, 1.165) is 23.1 Å². The summed E-state index contributed by atoms with van der Waals surface area (Å²) in [6.07, 6.45) is 8.01. The number of carbonyl (C=O) groups is 2. The van der Waals surface area contributed by atoms with Crippen LogP contribution >= 0.6 is 0 Å². The first-order valence-corrected chi connectivity index (χ1v) is 11.3. The Morgan fingerprint density at radius 2 is 1.52 bits per heavy atom. The Labute approximate surface area is 188 Å². The Morgan fingerprint density at radius 1 is 0.968 bits per heavy atom. The molecule has 2 atom stereocenters. The van der Waals surface area contributed by atoms with Gasteiger partial charge in [0.25, 0.3) is 0 Å². The second kappa shape index (κ2) is 11.3. The molecule has 4 heteroatoms. The first-order valence-electron chi connectivity index (χ1n) is 11.3. The zero-order valence-corrected chi connectivity index (χ0v) is 20.6. The summed E-state index contributed by atoms with van der Waals surface area (Å²) in [6, 6.07) is 0. The largest absolute Gasteiger partial charge is 0.511 e. The lowest BCUT2D eigenvalue weighted by Crippen LogP contribution is -2.41. The van der Waals surface area contributed by atoms with Crippen molar-refractivity contribution in [2.75, 3.05) is 0 Å². The van der Waals surface area contributed by atoms with Crippen molar-refractivity contribution in [1.29, 1.82) is 0 Å². The van der Waals surface area contributed by atoms with E-state index in [2.05, 4.69) is 0 Å². The van der Waals surface area contributed by atoms with Crippen LogP contribution in [0.5, 0.6) is 0 Å². The minimum atomic E-state index is -1.29. The molecule has 172 valence electrons. The topological polar surface area (TPSA) is 74.6 Å². The fourth-order valence-electron chi connectivity index (χ4n) is 3.50. The average Bonchev–Trinajstić information content (AvgIpc) is 2.71. The molecule has 0 spiro atoms. The number of hydrogen-bond donors (Lipinski definition) is 2. The molecule has 2 N–H and O–H groups in total. The molecule has 0 saturated heterocycles. The first kappa shape index (κ1) is 26.7. The van der Waals surface area contributed by atoms with Crippen LogP contribution in [0.15, 0.2) is 57.6 Å². The van der Waals surface area contributed by atoms with Crippen LogP contribution in [0.2, 0.25) is 0 Å². The minimum Gasteiger partial charge on any atom is -0.511 e. The summed E-state index contributed by atoms with van der Waals surface area (Å²) < 4.78 is 0. The number of hydrogen-bond acceptors (Lipinski definition) is 4. The van der Waals surface area contributed by atoms with Crippen molar-refractivity contribution in [2.45, 2.75) is 87.5 Å². The van der Waals surface area contributed by atoms with E-state index >= 15 is 0 Å². The van der Waals surface area contributed by atoms with Gasteiger partial charge in [-0.2, -0.15) is 0 Å². The van der Waals surface area contributed by atoms with Crippen LogP contribution < -0.4 is 0 Å². The van der Waals surface area contributed by atoms with Gasteiger partial charge in [-0.1, -0.05) is 55.7 Å². The number of aliphatic hydroxyl groups excluding tert-OH is 2. The molecule has 4 nitrogen and oxygen atoms in total. The maximum atomic E-state index is 13.8. The van der Waals surface area contributed by atoms with Gasteiger partial charge in [0, 0.05) is 11.5 Å². The Balaban J connectivity index is 3.87. The minimum absolute atomic E-state index is 0.120. The lowest BCUT2D eigenvalue weighted by Gasteiger charge is -2.36. The molecule has 0 aliphatic heterocycles. The molecule has 0 saturated carbocycles. The van der Waals surface area contributed by atoms with Crippen LogP contribution in [0.25, 0.3) is 0 Å². The van der Waals surface area contributed by atoms with Gasteiger partial charge in [-0.15, -0.1) is 0 Å². The van der Waals surface area contributed by atoms with E-state index in [4.69, 9.17) is 0 Å². The predicted molar refractivity (Wildman–Crippen MR) is 128 cm³/mol. The Hall–Kier alpha value is -2.36. The van der Waals surface area contributed by atoms with Gasteiger partial charge in [0.2, 0.25) is 0 Å². The van der Waals surface area contributed by atoms with Crippen LogP contribution in [0.3, 0.4) is 0 Å². The number of carbonyl (C=O) groups excluding carboxylic acids is 2. The Morgan fingerprint density at radius 3 is 2.00 bits per heavy atom. The van der Waals surface area contributed by atoms with Gasteiger partial charge < -0.3 is 10.2 Å². The molecule has 1 aliphatic rings. The smallest absolute Gasteiger partial charge is 0.184 e. The summed E-state index contributed by atoms with van der Waals surface area (Å²) in [5.74, 6) is -1.71. The van der Waals surface area contributed by atoms with Gasteiger partial charge in [-0.3, -0.25) is 9.59 Å². The molecule has 0 aromatic carbocycles. The van der Waals surface area contributed by atoms with E-state index in [1.165, 1.54) is 0 Å². The van der Waals surface area contributed by atoms with Crippen molar-refractivity contribution in [3.05, 3.63) is 57.6 Å². The van der Waals surface area contributed by atoms with E-state index in [0.29, 0.717) is 6.42 Å². The predicted octanol–water partition coefficient (Wildman–Crippen LogP) is 7.25. The van der Waals surface area contributed by atoms with Crippen molar-refractivity contribution in [3.63, 3.8) is 0 Å². The lowest BCUT2D eigenvalue weighted by atomic mass is 9.66. The highest BCUT2D eigenvalue weighted by Crippen LogP contribution is 2.47. The first-order chi connectivity index (χ1) is 14.4. The van der Waals surface area contributed by atoms with E-state index in [1.807, 2.05) is 66.7 Å². The molecule has 0 bridgehead atoms. The molecule has 0 aromatic rings. The van der Waals surface area contributed by atoms with E-state index < -0.39 is 11.2 Å². The number of ketones is 2. The quantitative estimate of drug-likeness (QED) is 0.284. The van der Waals surface area contributed by atoms with Crippen molar-refractivity contribution in [2.24, 2.45) is 11.3 Å². The van der Waals surface area contributed by atoms with Crippen LogP contribution in [0.1, 0.15) is 87.5 Å². The number of rotatable bonds is 10. The van der Waals surface area contributed by atoms with Gasteiger partial charge in [0.15, 0.2) is 11.6 Å². The average molecular weight is 429 g/mol. The molecule has 0 radical (unpaired) electrons. The molecular weight excluding hydrogens is 388 g/mol. The second-order valence-electron chi connectivity index (χ2n) is 9.21. The summed E-state index contributed by atoms with van der Waals surface area (Å²) in [4.78, 5) is 27.0. The molecule has 0 amide bonds. The summed E-state index contributed by atoms with van der Waals surface area (Å²) in [5, 5.41) is 22.4. The van der Waals surface area contributed by atoms with Crippen molar-refractivity contribution in [1.82, 2.24) is 0 Å². The Bertz CT molecular complexity index is 856. The maximum absolute atomic E-state index is 13.8. The van der Waals surface area contributed by atoms with Crippen LogP contribution in [0, 0.1) is 11.3 Å². The highest BCUT2D eigenvalue weighted by atomic mass is 16.3. The zero-order valence-electron chi connectivity index (χ0n) is 20.6. The van der Waals surface area contributed by atoms with Gasteiger partial charge in [0.1, 0.15) is 17.1 Å². The van der Waals surface area contributed by atoms with Crippen molar-refractivity contribution >= 4 is 11.6 Å². The van der Waals surface area contributed by atoms with Crippen LogP contribution in [0.4, 0.5) is 0 Å². The normalized spacial score (nSPS) is 20.6. The highest BCUT2D eigenvalue weighted by molar-refractivity contribution is 6.24. The number of aliphatic hydroxyl groups is 2. The summed E-state index contributed by atoms with van der Waals surface area (Å²) >= 11 is 0. The molecule has 0 aromatic heterocycles. The second-order valence-corrected chi connectivity index (χ2v) is 9.21. The highest BCUT2D eigenvalue weighted by Gasteiger charge is 2.50. The lowest BCUT2D eigenvalue weighted by molar-refractivity contribution is -0.129. The monoisotopic (exact) mass is 428 g/mol. The molecule has 1 aliphatic carbocycles. The number of allylic oxidation sites excluding steroid dienone is 9. The third-order valence-corrected chi connectivity index (χ3v) is 6.16. The van der Waals surface area contributed by atoms with E-state index in [1.54, 1.807) is 6.92 Å². The Kier molecular flexibility index (Phi) is 9.73. The maximum Gasteiger partial charge on any atom is 0.184 e. The van der Waals surface area contributed by atoms with Gasteiger partial charge in [0.05, 0.1) is 5.41 Å². The number of Topliss-reactive ketones (excluding diaryl/α,β-unsaturated/α-hetero) is 2. The standard InChI is InChI=1S/C27H40O4/c1-9-19(7)14-16-27(15-13-18(5)6)25(30)21(12-11-17(3)4)24(29)22(26(27)31)23(28)20(8)10-2/h11,13-14,20,29-30H,9-10,12,15-16H2,1-8H3/b19-14-/t20?,27-/m0/s1. The fraction of sp³-hybridized carbons (Fsp3) is 0.556. The van der Waals surface area contributed by atoms with Gasteiger partial charge >= 0.3 is 0 Å². The summed E-state index contributed by atoms with van der Waals surface area (Å²) in [6.45, 7) is 15.4. The molecule has 31 heavy (non-hydrogen) atoms. The zero-order chi connectivity index (χ0) is 23.9. The summed E-state index contributed by atoms with van der Waals surface area (Å²) in [7, 11) is 0. The third-order valence-electron chi connectivity index (χ3n) is 6.16. The SMILES string of the molecule is CC/C(C)=C\C[C@]1(CC=C(C)C)C(=O)C(C(=O)C(C)CC)=C(O)C(CC=C(C)C)=C1O. The van der Waals surface area contributed by atoms with Gasteiger partial charge in [-0.05, 0) is 66.7 Å². The van der Waals surface area contributed by atoms with Crippen molar-refractivity contribution < 1.29 is 19.8 Å². The third kappa shape index (κ3) is 6.09. The molecule has 1 unspecified atom stereocenters. The van der Waals surface area contributed by atoms with Crippen molar-refractivity contribution in [3.8, 4) is 0 Å². The molecule has 0 heterocycles. The van der Waals surface area contributed by atoms with Gasteiger partial charge in [-0.25, -0.2) is 0 Å². The van der Waals surface area contributed by atoms with Crippen LogP contribution in [-0.2, 0) is 9.59 Å².